The van der Waals surface area contributed by atoms with Gasteiger partial charge in [0.05, 0.1) is 18.9 Å². The van der Waals surface area contributed by atoms with Crippen LogP contribution in [0.25, 0.3) is 0 Å². The number of hydrogen-bond acceptors (Lipinski definition) is 4. The second kappa shape index (κ2) is 5.26. The first-order valence-corrected chi connectivity index (χ1v) is 4.60. The van der Waals surface area contributed by atoms with E-state index in [4.69, 9.17) is 5.73 Å². The number of nitrogens with two attached hydrogens (primary N) is 1. The zero-order valence-corrected chi connectivity index (χ0v) is 8.49. The SMILES string of the molecule is CC(=O)[C@H](Cc1cnc[nH]1)NC(=O)CN. The summed E-state index contributed by atoms with van der Waals surface area (Å²) in [6, 6.07) is -0.540. The van der Waals surface area contributed by atoms with Gasteiger partial charge in [-0.1, -0.05) is 0 Å². The number of Topliss-reactive ketones (excluding diaryl/α,β-unsaturated/α-hetero) is 1. The van der Waals surface area contributed by atoms with Crippen LogP contribution < -0.4 is 11.1 Å². The van der Waals surface area contributed by atoms with Crippen molar-refractivity contribution in [1.82, 2.24) is 15.3 Å². The van der Waals surface area contributed by atoms with E-state index in [2.05, 4.69) is 15.3 Å². The molecule has 6 heteroatoms. The fourth-order valence-corrected chi connectivity index (χ4v) is 1.17. The van der Waals surface area contributed by atoms with Crippen LogP contribution >= 0.6 is 0 Å². The van der Waals surface area contributed by atoms with Crippen LogP contribution in [0, 0.1) is 0 Å². The molecule has 0 unspecified atom stereocenters. The maximum Gasteiger partial charge on any atom is 0.234 e. The molecule has 1 heterocycles. The first-order valence-electron chi connectivity index (χ1n) is 4.60. The summed E-state index contributed by atoms with van der Waals surface area (Å²) >= 11 is 0. The molecule has 6 nitrogen and oxygen atoms in total. The number of imidazole rings is 1. The fraction of sp³-hybridized carbons (Fsp3) is 0.444. The topological polar surface area (TPSA) is 101 Å². The molecule has 0 fully saturated rings. The molecule has 1 amide bonds. The van der Waals surface area contributed by atoms with E-state index >= 15 is 0 Å². The molecule has 82 valence electrons. The van der Waals surface area contributed by atoms with E-state index < -0.39 is 6.04 Å². The largest absolute Gasteiger partial charge is 0.348 e. The van der Waals surface area contributed by atoms with Crippen LogP contribution in [-0.4, -0.2) is 34.2 Å². The van der Waals surface area contributed by atoms with Crippen LogP contribution in [0.1, 0.15) is 12.6 Å². The lowest BCUT2D eigenvalue weighted by Gasteiger charge is -2.14. The van der Waals surface area contributed by atoms with Crippen molar-refractivity contribution in [3.8, 4) is 0 Å². The number of nitrogens with one attached hydrogen (secondary N) is 2. The molecular weight excluding hydrogens is 196 g/mol. The molecule has 0 spiro atoms. The lowest BCUT2D eigenvalue weighted by Crippen LogP contribution is -2.44. The Balaban J connectivity index is 2.59. The van der Waals surface area contributed by atoms with Gasteiger partial charge >= 0.3 is 0 Å². The van der Waals surface area contributed by atoms with Gasteiger partial charge in [0.1, 0.15) is 0 Å². The van der Waals surface area contributed by atoms with Crippen molar-refractivity contribution in [3.05, 3.63) is 18.2 Å². The number of aromatic amines is 1. The second-order valence-corrected chi connectivity index (χ2v) is 3.22. The summed E-state index contributed by atoms with van der Waals surface area (Å²) in [5, 5.41) is 2.54. The van der Waals surface area contributed by atoms with Gasteiger partial charge in [-0.25, -0.2) is 4.98 Å². The number of nitrogens with zero attached hydrogens (tertiary/aromatic N) is 1. The van der Waals surface area contributed by atoms with Crippen molar-refractivity contribution in [1.29, 1.82) is 0 Å². The predicted molar refractivity (Wildman–Crippen MR) is 54.0 cm³/mol. The van der Waals surface area contributed by atoms with Crippen LogP contribution in [0.15, 0.2) is 12.5 Å². The Morgan fingerprint density at radius 3 is 2.87 bits per heavy atom. The lowest BCUT2D eigenvalue weighted by molar-refractivity contribution is -0.126. The average molecular weight is 210 g/mol. The molecule has 0 aliphatic rings. The Morgan fingerprint density at radius 2 is 2.40 bits per heavy atom. The summed E-state index contributed by atoms with van der Waals surface area (Å²) in [7, 11) is 0. The highest BCUT2D eigenvalue weighted by atomic mass is 16.2. The minimum absolute atomic E-state index is 0.105. The highest BCUT2D eigenvalue weighted by molar-refractivity contribution is 5.88. The molecule has 1 aromatic rings. The van der Waals surface area contributed by atoms with E-state index in [1.807, 2.05) is 0 Å². The van der Waals surface area contributed by atoms with Crippen LogP contribution in [0.5, 0.6) is 0 Å². The van der Waals surface area contributed by atoms with E-state index in [0.717, 1.165) is 5.69 Å². The van der Waals surface area contributed by atoms with Crippen LogP contribution in [0.4, 0.5) is 0 Å². The minimum Gasteiger partial charge on any atom is -0.348 e. The summed E-state index contributed by atoms with van der Waals surface area (Å²) in [5.74, 6) is -0.443. The number of aromatic nitrogens is 2. The van der Waals surface area contributed by atoms with Crippen molar-refractivity contribution >= 4 is 11.7 Å². The van der Waals surface area contributed by atoms with Crippen LogP contribution in [0.3, 0.4) is 0 Å². The Morgan fingerprint density at radius 1 is 1.67 bits per heavy atom. The number of rotatable bonds is 5. The number of amides is 1. The Kier molecular flexibility index (Phi) is 3.99. The maximum atomic E-state index is 11.2. The average Bonchev–Trinajstić information content (AvgIpc) is 2.69. The lowest BCUT2D eigenvalue weighted by atomic mass is 10.1. The van der Waals surface area contributed by atoms with Crippen molar-refractivity contribution in [3.63, 3.8) is 0 Å². The molecule has 0 bridgehead atoms. The van der Waals surface area contributed by atoms with Gasteiger partial charge in [0, 0.05) is 18.3 Å². The maximum absolute atomic E-state index is 11.2. The molecule has 0 saturated carbocycles. The van der Waals surface area contributed by atoms with Crippen LogP contribution in [-0.2, 0) is 16.0 Å². The second-order valence-electron chi connectivity index (χ2n) is 3.22. The molecule has 0 aromatic carbocycles. The van der Waals surface area contributed by atoms with Crippen molar-refractivity contribution in [2.75, 3.05) is 6.54 Å². The van der Waals surface area contributed by atoms with Gasteiger partial charge < -0.3 is 16.0 Å². The highest BCUT2D eigenvalue weighted by Gasteiger charge is 2.17. The van der Waals surface area contributed by atoms with E-state index in [9.17, 15) is 9.59 Å². The summed E-state index contributed by atoms with van der Waals surface area (Å²) in [6.07, 6.45) is 3.54. The standard InChI is InChI=1S/C9H14N4O2/c1-6(14)8(13-9(15)3-10)2-7-4-11-5-12-7/h4-5,8H,2-3,10H2,1H3,(H,11,12)(H,13,15)/t8-/m0/s1. The van der Waals surface area contributed by atoms with Gasteiger partial charge in [-0.15, -0.1) is 0 Å². The highest BCUT2D eigenvalue weighted by Crippen LogP contribution is 1.99. The van der Waals surface area contributed by atoms with Crippen molar-refractivity contribution < 1.29 is 9.59 Å². The fourth-order valence-electron chi connectivity index (χ4n) is 1.17. The summed E-state index contributed by atoms with van der Waals surface area (Å²) in [6.45, 7) is 1.31. The predicted octanol–water partition coefficient (Wildman–Crippen LogP) is -1.02. The number of H-pyrrole nitrogens is 1. The van der Waals surface area contributed by atoms with Crippen LogP contribution in [0.2, 0.25) is 0 Å². The zero-order valence-electron chi connectivity index (χ0n) is 8.49. The first kappa shape index (κ1) is 11.4. The third-order valence-electron chi connectivity index (χ3n) is 1.99. The van der Waals surface area contributed by atoms with Gasteiger partial charge in [-0.2, -0.15) is 0 Å². The third-order valence-corrected chi connectivity index (χ3v) is 1.99. The molecule has 0 aliphatic carbocycles. The Bertz CT molecular complexity index is 334. The van der Waals surface area contributed by atoms with Gasteiger partial charge in [0.25, 0.3) is 0 Å². The third kappa shape index (κ3) is 3.51. The number of hydrogen-bond donors (Lipinski definition) is 3. The van der Waals surface area contributed by atoms with E-state index in [-0.39, 0.29) is 18.2 Å². The first-order chi connectivity index (χ1) is 7.13. The molecule has 15 heavy (non-hydrogen) atoms. The number of carbonyl (C=O) groups excluding carboxylic acids is 2. The molecule has 1 atom stereocenters. The van der Waals surface area contributed by atoms with Gasteiger partial charge in [-0.05, 0) is 6.92 Å². The molecular formula is C9H14N4O2. The Hall–Kier alpha value is -1.69. The smallest absolute Gasteiger partial charge is 0.234 e. The molecule has 1 aromatic heterocycles. The molecule has 0 radical (unpaired) electrons. The van der Waals surface area contributed by atoms with Gasteiger partial charge in [0.15, 0.2) is 5.78 Å². The van der Waals surface area contributed by atoms with Gasteiger partial charge in [-0.3, -0.25) is 9.59 Å². The number of carbonyl (C=O) groups is 2. The van der Waals surface area contributed by atoms with Crippen molar-refractivity contribution in [2.45, 2.75) is 19.4 Å². The normalized spacial score (nSPS) is 12.1. The molecule has 1 rings (SSSR count). The van der Waals surface area contributed by atoms with E-state index in [1.165, 1.54) is 13.3 Å². The molecule has 4 N–H and O–H groups in total. The molecule has 0 aliphatic heterocycles. The van der Waals surface area contributed by atoms with E-state index in [0.29, 0.717) is 6.42 Å². The monoisotopic (exact) mass is 210 g/mol. The van der Waals surface area contributed by atoms with Gasteiger partial charge in [0.2, 0.25) is 5.91 Å². The summed E-state index contributed by atoms with van der Waals surface area (Å²) in [4.78, 5) is 29.0. The molecule has 0 saturated heterocycles. The van der Waals surface area contributed by atoms with Crippen molar-refractivity contribution in [2.24, 2.45) is 5.73 Å². The zero-order chi connectivity index (χ0) is 11.3. The summed E-state index contributed by atoms with van der Waals surface area (Å²) < 4.78 is 0. The van der Waals surface area contributed by atoms with E-state index in [1.54, 1.807) is 6.20 Å². The minimum atomic E-state index is -0.540. The number of ketones is 1. The quantitative estimate of drug-likeness (QED) is 0.579. The summed E-state index contributed by atoms with van der Waals surface area (Å²) in [5.41, 5.74) is 5.95. The Labute approximate surface area is 87.3 Å².